The van der Waals surface area contributed by atoms with Crippen LogP contribution in [0.3, 0.4) is 0 Å². The van der Waals surface area contributed by atoms with Crippen molar-refractivity contribution in [3.05, 3.63) is 51.3 Å². The summed E-state index contributed by atoms with van der Waals surface area (Å²) in [6.45, 7) is 5.11. The number of nitrogens with one attached hydrogen (secondary N) is 1. The van der Waals surface area contributed by atoms with E-state index < -0.39 is 0 Å². The second-order valence-electron chi connectivity index (χ2n) is 4.69. The number of aromatic nitrogens is 1. The van der Waals surface area contributed by atoms with Gasteiger partial charge in [0.25, 0.3) is 0 Å². The predicted molar refractivity (Wildman–Crippen MR) is 83.9 cm³/mol. The summed E-state index contributed by atoms with van der Waals surface area (Å²) < 4.78 is 1.36. The molecule has 0 saturated carbocycles. The highest BCUT2D eigenvalue weighted by Gasteiger charge is 2.10. The molecule has 98 valence electrons. The standard InChI is InChI=1S/C15H16N2S2/c1-10-8-19-15(17-10)11(2)16-7-12-9-18-14-6-4-3-5-13(12)14/h3-6,8-9,11,16H,7H2,1-2H3. The highest BCUT2D eigenvalue weighted by atomic mass is 32.1. The maximum absolute atomic E-state index is 4.53. The van der Waals surface area contributed by atoms with Crippen molar-refractivity contribution < 1.29 is 0 Å². The van der Waals surface area contributed by atoms with Gasteiger partial charge in [0, 0.05) is 22.3 Å². The molecule has 19 heavy (non-hydrogen) atoms. The summed E-state index contributed by atoms with van der Waals surface area (Å²) >= 11 is 3.54. The zero-order valence-electron chi connectivity index (χ0n) is 11.0. The van der Waals surface area contributed by atoms with E-state index >= 15 is 0 Å². The fraction of sp³-hybridized carbons (Fsp3) is 0.267. The molecule has 3 rings (SSSR count). The van der Waals surface area contributed by atoms with Gasteiger partial charge in [0.15, 0.2) is 0 Å². The fourth-order valence-electron chi connectivity index (χ4n) is 2.09. The predicted octanol–water partition coefficient (Wildman–Crippen LogP) is 4.52. The molecule has 0 aliphatic rings. The lowest BCUT2D eigenvalue weighted by molar-refractivity contribution is 0.573. The molecule has 1 unspecified atom stereocenters. The van der Waals surface area contributed by atoms with Crippen molar-refractivity contribution in [3.63, 3.8) is 0 Å². The number of rotatable bonds is 4. The van der Waals surface area contributed by atoms with Gasteiger partial charge in [-0.15, -0.1) is 22.7 Å². The van der Waals surface area contributed by atoms with E-state index in [2.05, 4.69) is 52.3 Å². The van der Waals surface area contributed by atoms with Crippen LogP contribution in [0.15, 0.2) is 35.0 Å². The first-order chi connectivity index (χ1) is 9.24. The molecule has 0 saturated heterocycles. The van der Waals surface area contributed by atoms with Crippen molar-refractivity contribution in [2.75, 3.05) is 0 Å². The van der Waals surface area contributed by atoms with Crippen LogP contribution in [0.25, 0.3) is 10.1 Å². The minimum atomic E-state index is 0.303. The Morgan fingerprint density at radius 2 is 2.05 bits per heavy atom. The molecule has 0 aliphatic heterocycles. The average molecular weight is 288 g/mol. The van der Waals surface area contributed by atoms with Gasteiger partial charge in [0.2, 0.25) is 0 Å². The topological polar surface area (TPSA) is 24.9 Å². The van der Waals surface area contributed by atoms with Crippen molar-refractivity contribution in [2.45, 2.75) is 26.4 Å². The minimum Gasteiger partial charge on any atom is -0.304 e. The van der Waals surface area contributed by atoms with Crippen LogP contribution in [0, 0.1) is 6.92 Å². The normalized spacial score (nSPS) is 12.9. The molecule has 2 nitrogen and oxygen atoms in total. The molecule has 0 spiro atoms. The Hall–Kier alpha value is -1.23. The van der Waals surface area contributed by atoms with E-state index in [9.17, 15) is 0 Å². The van der Waals surface area contributed by atoms with Gasteiger partial charge in [-0.25, -0.2) is 4.98 Å². The van der Waals surface area contributed by atoms with Crippen molar-refractivity contribution in [1.82, 2.24) is 10.3 Å². The van der Waals surface area contributed by atoms with E-state index in [1.54, 1.807) is 11.3 Å². The highest BCUT2D eigenvalue weighted by Crippen LogP contribution is 2.26. The van der Waals surface area contributed by atoms with E-state index in [-0.39, 0.29) is 0 Å². The number of benzene rings is 1. The molecule has 4 heteroatoms. The summed E-state index contributed by atoms with van der Waals surface area (Å²) in [6.07, 6.45) is 0. The van der Waals surface area contributed by atoms with E-state index in [4.69, 9.17) is 0 Å². The largest absolute Gasteiger partial charge is 0.304 e. The Bertz CT molecular complexity index is 684. The Morgan fingerprint density at radius 3 is 2.84 bits per heavy atom. The second-order valence-corrected chi connectivity index (χ2v) is 6.49. The van der Waals surface area contributed by atoms with Crippen molar-refractivity contribution in [3.8, 4) is 0 Å². The summed E-state index contributed by atoms with van der Waals surface area (Å²) in [5.41, 5.74) is 2.48. The Kier molecular flexibility index (Phi) is 3.64. The number of nitrogens with zero attached hydrogens (tertiary/aromatic N) is 1. The maximum atomic E-state index is 4.53. The SMILES string of the molecule is Cc1csc(C(C)NCc2csc3ccccc23)n1. The Morgan fingerprint density at radius 1 is 1.21 bits per heavy atom. The molecule has 2 heterocycles. The van der Waals surface area contributed by atoms with Crippen LogP contribution in [0.5, 0.6) is 0 Å². The third kappa shape index (κ3) is 2.71. The number of fused-ring (bicyclic) bond motifs is 1. The molecule has 1 aromatic carbocycles. The van der Waals surface area contributed by atoms with Crippen LogP contribution in [-0.2, 0) is 6.54 Å². The van der Waals surface area contributed by atoms with Gasteiger partial charge in [-0.05, 0) is 36.2 Å². The second kappa shape index (κ2) is 5.41. The summed E-state index contributed by atoms with van der Waals surface area (Å²) in [5, 5.41) is 10.4. The lowest BCUT2D eigenvalue weighted by atomic mass is 10.2. The first-order valence-electron chi connectivity index (χ1n) is 6.34. The monoisotopic (exact) mass is 288 g/mol. The average Bonchev–Trinajstić information content (AvgIpc) is 3.02. The number of aryl methyl sites for hydroxylation is 1. The fourth-order valence-corrected chi connectivity index (χ4v) is 3.88. The third-order valence-electron chi connectivity index (χ3n) is 3.17. The first-order valence-corrected chi connectivity index (χ1v) is 8.10. The van der Waals surface area contributed by atoms with Gasteiger partial charge >= 0.3 is 0 Å². The lowest BCUT2D eigenvalue weighted by Gasteiger charge is -2.10. The number of hydrogen-bond donors (Lipinski definition) is 1. The quantitative estimate of drug-likeness (QED) is 0.763. The van der Waals surface area contributed by atoms with Crippen LogP contribution in [-0.4, -0.2) is 4.98 Å². The van der Waals surface area contributed by atoms with Gasteiger partial charge in [-0.2, -0.15) is 0 Å². The lowest BCUT2D eigenvalue weighted by Crippen LogP contribution is -2.17. The van der Waals surface area contributed by atoms with Crippen molar-refractivity contribution >= 4 is 32.8 Å². The first kappa shape index (κ1) is 12.8. The number of thiazole rings is 1. The molecule has 3 aromatic rings. The van der Waals surface area contributed by atoms with Crippen molar-refractivity contribution in [2.24, 2.45) is 0 Å². The number of hydrogen-bond acceptors (Lipinski definition) is 4. The molecule has 1 N–H and O–H groups in total. The van der Waals surface area contributed by atoms with Gasteiger partial charge in [0.05, 0.1) is 6.04 Å². The highest BCUT2D eigenvalue weighted by molar-refractivity contribution is 7.17. The third-order valence-corrected chi connectivity index (χ3v) is 5.32. The minimum absolute atomic E-state index is 0.303. The molecule has 0 fully saturated rings. The van der Waals surface area contributed by atoms with Gasteiger partial charge < -0.3 is 5.32 Å². The maximum Gasteiger partial charge on any atom is 0.110 e. The zero-order valence-corrected chi connectivity index (χ0v) is 12.6. The van der Waals surface area contributed by atoms with Crippen molar-refractivity contribution in [1.29, 1.82) is 0 Å². The number of thiophene rings is 1. The molecular weight excluding hydrogens is 272 g/mol. The van der Waals surface area contributed by atoms with E-state index in [1.165, 1.54) is 15.6 Å². The van der Waals surface area contributed by atoms with Crippen LogP contribution < -0.4 is 5.32 Å². The van der Waals surface area contributed by atoms with E-state index in [0.717, 1.165) is 17.2 Å². The van der Waals surface area contributed by atoms with Crippen LogP contribution in [0.2, 0.25) is 0 Å². The van der Waals surface area contributed by atoms with Gasteiger partial charge in [-0.1, -0.05) is 18.2 Å². The van der Waals surface area contributed by atoms with Crippen LogP contribution >= 0.6 is 22.7 Å². The van der Waals surface area contributed by atoms with Gasteiger partial charge in [0.1, 0.15) is 5.01 Å². The van der Waals surface area contributed by atoms with Crippen LogP contribution in [0.1, 0.15) is 29.2 Å². The molecule has 0 radical (unpaired) electrons. The molecule has 1 atom stereocenters. The van der Waals surface area contributed by atoms with E-state index in [0.29, 0.717) is 6.04 Å². The summed E-state index contributed by atoms with van der Waals surface area (Å²) in [6, 6.07) is 8.87. The van der Waals surface area contributed by atoms with Crippen LogP contribution in [0.4, 0.5) is 0 Å². The Labute approximate surface area is 121 Å². The zero-order chi connectivity index (χ0) is 13.2. The summed E-state index contributed by atoms with van der Waals surface area (Å²) in [4.78, 5) is 4.53. The molecule has 0 bridgehead atoms. The molecule has 2 aromatic heterocycles. The summed E-state index contributed by atoms with van der Waals surface area (Å²) in [5.74, 6) is 0. The summed E-state index contributed by atoms with van der Waals surface area (Å²) in [7, 11) is 0. The molecular formula is C15H16N2S2. The van der Waals surface area contributed by atoms with Gasteiger partial charge in [-0.3, -0.25) is 0 Å². The molecule has 0 aliphatic carbocycles. The molecule has 0 amide bonds. The smallest absolute Gasteiger partial charge is 0.110 e. The van der Waals surface area contributed by atoms with E-state index in [1.807, 2.05) is 18.3 Å². The Balaban J connectivity index is 1.72.